The van der Waals surface area contributed by atoms with Gasteiger partial charge in [-0.05, 0) is 74.3 Å². The van der Waals surface area contributed by atoms with E-state index in [4.69, 9.17) is 4.74 Å². The van der Waals surface area contributed by atoms with Crippen molar-refractivity contribution in [3.05, 3.63) is 33.9 Å². The zero-order chi connectivity index (χ0) is 23.2. The second-order valence-electron chi connectivity index (χ2n) is 9.48. The molecule has 0 radical (unpaired) electrons. The molecule has 5 rings (SSSR count). The summed E-state index contributed by atoms with van der Waals surface area (Å²) in [4.78, 5) is 35.5. The molecule has 10 heteroatoms. The monoisotopic (exact) mass is 464 g/mol. The second-order valence-corrected chi connectivity index (χ2v) is 11.5. The summed E-state index contributed by atoms with van der Waals surface area (Å²) in [6.07, 6.45) is 5.98. The fourth-order valence-corrected chi connectivity index (χ4v) is 6.87. The maximum absolute atomic E-state index is 12.9. The number of nitrogens with one attached hydrogen (secondary N) is 1. The van der Waals surface area contributed by atoms with E-state index in [1.807, 2.05) is 0 Å². The molecule has 0 aromatic heterocycles. The molecule has 1 aromatic rings. The van der Waals surface area contributed by atoms with E-state index >= 15 is 0 Å². The molecule has 4 aliphatic carbocycles. The van der Waals surface area contributed by atoms with Crippen LogP contribution < -0.4 is 5.32 Å². The van der Waals surface area contributed by atoms with Crippen molar-refractivity contribution in [1.29, 1.82) is 0 Å². The number of sulfone groups is 1. The van der Waals surface area contributed by atoms with E-state index in [2.05, 4.69) is 5.32 Å². The van der Waals surface area contributed by atoms with Crippen LogP contribution in [-0.2, 0) is 19.4 Å². The fraction of sp³-hybridized carbons (Fsp3) is 0.636. The van der Waals surface area contributed by atoms with Crippen molar-refractivity contribution in [2.24, 2.45) is 23.7 Å². The Kier molecular flexibility index (Phi) is 6.00. The Labute approximate surface area is 187 Å². The van der Waals surface area contributed by atoms with Gasteiger partial charge in [-0.15, -0.1) is 0 Å². The molecule has 4 fully saturated rings. The van der Waals surface area contributed by atoms with Crippen LogP contribution in [0.3, 0.4) is 0 Å². The van der Waals surface area contributed by atoms with Crippen LogP contribution in [0.4, 0.5) is 5.69 Å². The molecule has 0 spiro atoms. The summed E-state index contributed by atoms with van der Waals surface area (Å²) in [7, 11) is -3.84. The van der Waals surface area contributed by atoms with E-state index in [0.717, 1.165) is 62.0 Å². The lowest BCUT2D eigenvalue weighted by atomic mass is 9.54. The van der Waals surface area contributed by atoms with Crippen molar-refractivity contribution in [3.8, 4) is 0 Å². The van der Waals surface area contributed by atoms with Gasteiger partial charge in [-0.1, -0.05) is 6.92 Å². The number of nitro benzene ring substituents is 1. The molecule has 9 nitrogen and oxygen atoms in total. The summed E-state index contributed by atoms with van der Waals surface area (Å²) in [5, 5.41) is 14.4. The number of amides is 1. The summed E-state index contributed by atoms with van der Waals surface area (Å²) in [6, 6.07) is 3.16. The molecule has 174 valence electrons. The van der Waals surface area contributed by atoms with Gasteiger partial charge in [-0.3, -0.25) is 14.9 Å². The van der Waals surface area contributed by atoms with Crippen molar-refractivity contribution in [2.45, 2.75) is 62.5 Å². The van der Waals surface area contributed by atoms with Crippen LogP contribution in [0, 0.1) is 33.8 Å². The van der Waals surface area contributed by atoms with E-state index < -0.39 is 37.4 Å². The number of rotatable bonds is 7. The van der Waals surface area contributed by atoms with Crippen molar-refractivity contribution < 1.29 is 27.7 Å². The molecule has 0 aliphatic heterocycles. The van der Waals surface area contributed by atoms with Crippen LogP contribution in [0.15, 0.2) is 23.1 Å². The summed E-state index contributed by atoms with van der Waals surface area (Å²) in [6.45, 7) is 1.73. The first-order valence-corrected chi connectivity index (χ1v) is 13.0. The molecule has 1 amide bonds. The summed E-state index contributed by atoms with van der Waals surface area (Å²) in [5.74, 6) is 1.26. The number of ether oxygens (including phenoxy) is 1. The minimum Gasteiger partial charge on any atom is -0.449 e. The minimum absolute atomic E-state index is 0.109. The van der Waals surface area contributed by atoms with Gasteiger partial charge in [0.05, 0.1) is 10.5 Å². The smallest absolute Gasteiger partial charge is 0.339 e. The number of hydrogen-bond donors (Lipinski definition) is 1. The Morgan fingerprint density at radius 1 is 1.16 bits per heavy atom. The SMILES string of the molecule is CC[C@@H](OC(=O)c1ccc(S(C)(=O)=O)c([N+](=O)[O-])c1)C(=O)NC1C2CC3CC(C2)CC1C3. The molecule has 1 N–H and O–H groups in total. The highest BCUT2D eigenvalue weighted by Gasteiger charge is 2.49. The first-order chi connectivity index (χ1) is 15.1. The van der Waals surface area contributed by atoms with Crippen LogP contribution in [-0.4, -0.2) is 43.6 Å². The lowest BCUT2D eigenvalue weighted by molar-refractivity contribution is -0.387. The van der Waals surface area contributed by atoms with Gasteiger partial charge in [0.2, 0.25) is 0 Å². The number of carbonyl (C=O) groups is 2. The summed E-state index contributed by atoms with van der Waals surface area (Å²) in [5.41, 5.74) is -0.877. The van der Waals surface area contributed by atoms with Crippen LogP contribution in [0.1, 0.15) is 55.8 Å². The van der Waals surface area contributed by atoms with E-state index in [9.17, 15) is 28.1 Å². The maximum atomic E-state index is 12.9. The predicted molar refractivity (Wildman–Crippen MR) is 115 cm³/mol. The maximum Gasteiger partial charge on any atom is 0.339 e. The topological polar surface area (TPSA) is 133 Å². The molecule has 4 aliphatic rings. The number of nitro groups is 1. The first-order valence-electron chi connectivity index (χ1n) is 11.1. The summed E-state index contributed by atoms with van der Waals surface area (Å²) >= 11 is 0. The van der Waals surface area contributed by atoms with Gasteiger partial charge >= 0.3 is 5.97 Å². The standard InChI is InChI=1S/C22H28N2O7S/c1-3-18(21(25)23-20-15-7-12-6-13(9-15)10-16(20)8-12)31-22(26)14-4-5-19(32(2,29)30)17(11-14)24(27)28/h4-5,11-13,15-16,18,20H,3,6-10H2,1-2H3,(H,23,25)/t12?,13?,15?,16?,18-,20?/m1/s1. The molecule has 0 saturated heterocycles. The van der Waals surface area contributed by atoms with Crippen LogP contribution in [0.5, 0.6) is 0 Å². The van der Waals surface area contributed by atoms with Gasteiger partial charge in [0.1, 0.15) is 4.90 Å². The molecular formula is C22H28N2O7S. The number of benzene rings is 1. The van der Waals surface area contributed by atoms with Crippen molar-refractivity contribution >= 4 is 27.4 Å². The number of carbonyl (C=O) groups excluding carboxylic acids is 2. The molecule has 1 aromatic carbocycles. The molecule has 0 unspecified atom stereocenters. The van der Waals surface area contributed by atoms with Gasteiger partial charge < -0.3 is 10.1 Å². The zero-order valence-corrected chi connectivity index (χ0v) is 19.0. The highest BCUT2D eigenvalue weighted by molar-refractivity contribution is 7.90. The molecular weight excluding hydrogens is 436 g/mol. The van der Waals surface area contributed by atoms with Gasteiger partial charge in [0.15, 0.2) is 15.9 Å². The molecule has 1 atom stereocenters. The Bertz CT molecular complexity index is 1020. The minimum atomic E-state index is -3.84. The Morgan fingerprint density at radius 2 is 1.75 bits per heavy atom. The third kappa shape index (κ3) is 4.37. The average Bonchev–Trinajstić information content (AvgIpc) is 2.72. The highest BCUT2D eigenvalue weighted by atomic mass is 32.2. The molecule has 4 saturated carbocycles. The third-order valence-electron chi connectivity index (χ3n) is 7.24. The van der Waals surface area contributed by atoms with Crippen LogP contribution in [0.25, 0.3) is 0 Å². The van der Waals surface area contributed by atoms with E-state index in [-0.39, 0.29) is 23.9 Å². The number of nitrogens with zero attached hydrogens (tertiary/aromatic N) is 1. The van der Waals surface area contributed by atoms with Crippen molar-refractivity contribution in [3.63, 3.8) is 0 Å². The van der Waals surface area contributed by atoms with E-state index in [0.29, 0.717) is 11.8 Å². The number of hydrogen-bond acceptors (Lipinski definition) is 7. The third-order valence-corrected chi connectivity index (χ3v) is 8.38. The predicted octanol–water partition coefficient (Wildman–Crippen LogP) is 2.87. The van der Waals surface area contributed by atoms with E-state index in [1.165, 1.54) is 6.42 Å². The number of esters is 1. The van der Waals surface area contributed by atoms with Gasteiger partial charge in [-0.2, -0.15) is 0 Å². The first kappa shape index (κ1) is 22.7. The van der Waals surface area contributed by atoms with Crippen LogP contribution in [0.2, 0.25) is 0 Å². The van der Waals surface area contributed by atoms with Crippen LogP contribution >= 0.6 is 0 Å². The fourth-order valence-electron chi connectivity index (χ4n) is 6.04. The molecule has 4 bridgehead atoms. The van der Waals surface area contributed by atoms with Gasteiger partial charge in [0.25, 0.3) is 11.6 Å². The lowest BCUT2D eigenvalue weighted by Gasteiger charge is -2.54. The van der Waals surface area contributed by atoms with Crippen molar-refractivity contribution in [1.82, 2.24) is 5.32 Å². The Balaban J connectivity index is 1.45. The zero-order valence-electron chi connectivity index (χ0n) is 18.2. The van der Waals surface area contributed by atoms with Gasteiger partial charge in [-0.25, -0.2) is 13.2 Å². The van der Waals surface area contributed by atoms with Gasteiger partial charge in [0, 0.05) is 18.4 Å². The molecule has 32 heavy (non-hydrogen) atoms. The summed E-state index contributed by atoms with van der Waals surface area (Å²) < 4.78 is 28.9. The average molecular weight is 465 g/mol. The second kappa shape index (κ2) is 8.46. The highest BCUT2D eigenvalue weighted by Crippen LogP contribution is 2.53. The largest absolute Gasteiger partial charge is 0.449 e. The Morgan fingerprint density at radius 3 is 2.25 bits per heavy atom. The molecule has 0 heterocycles. The normalized spacial score (nSPS) is 29.4. The lowest BCUT2D eigenvalue weighted by Crippen LogP contribution is -2.57. The van der Waals surface area contributed by atoms with E-state index in [1.54, 1.807) is 6.92 Å². The Hall–Kier alpha value is -2.49. The van der Waals surface area contributed by atoms with Crippen molar-refractivity contribution in [2.75, 3.05) is 6.26 Å². The quantitative estimate of drug-likeness (QED) is 0.373.